The molecule has 0 aromatic carbocycles. The summed E-state index contributed by atoms with van der Waals surface area (Å²) < 4.78 is 5.98. The second kappa shape index (κ2) is 5.76. The topological polar surface area (TPSA) is 79.5 Å². The largest absolute Gasteiger partial charge is 0.338 e. The SMILES string of the molecule is Cn1ccnc1CC(c1nccn1C)C(N)c1nccn1C. The summed E-state index contributed by atoms with van der Waals surface area (Å²) in [7, 11) is 5.93. The molecule has 3 aromatic rings. The first-order valence-corrected chi connectivity index (χ1v) is 7.24. The van der Waals surface area contributed by atoms with E-state index < -0.39 is 0 Å². The molecular weight excluding hydrogens is 278 g/mol. The molecule has 0 saturated carbocycles. The standard InChI is InChI=1S/C15H21N7/c1-20-7-4-17-12(20)10-11(14-18-5-8-21(14)2)13(16)15-19-6-9-22(15)3/h4-9,11,13H,10,16H2,1-3H3. The summed E-state index contributed by atoms with van der Waals surface area (Å²) in [5.41, 5.74) is 6.54. The van der Waals surface area contributed by atoms with Crippen LogP contribution in [0, 0.1) is 0 Å². The van der Waals surface area contributed by atoms with Crippen molar-refractivity contribution in [1.82, 2.24) is 28.7 Å². The van der Waals surface area contributed by atoms with E-state index in [1.807, 2.05) is 53.4 Å². The third-order valence-electron chi connectivity index (χ3n) is 4.10. The van der Waals surface area contributed by atoms with Gasteiger partial charge in [0.1, 0.15) is 17.5 Å². The Kier molecular flexibility index (Phi) is 3.81. The first kappa shape index (κ1) is 14.5. The van der Waals surface area contributed by atoms with Gasteiger partial charge < -0.3 is 19.4 Å². The van der Waals surface area contributed by atoms with E-state index >= 15 is 0 Å². The quantitative estimate of drug-likeness (QED) is 0.759. The zero-order valence-corrected chi connectivity index (χ0v) is 13.1. The molecule has 0 aliphatic rings. The summed E-state index contributed by atoms with van der Waals surface area (Å²) in [6.45, 7) is 0. The highest BCUT2D eigenvalue weighted by Crippen LogP contribution is 2.29. The Labute approximate surface area is 129 Å². The van der Waals surface area contributed by atoms with Crippen LogP contribution in [0.15, 0.2) is 37.2 Å². The van der Waals surface area contributed by atoms with Crippen molar-refractivity contribution < 1.29 is 0 Å². The van der Waals surface area contributed by atoms with Crippen molar-refractivity contribution in [2.75, 3.05) is 0 Å². The lowest BCUT2D eigenvalue weighted by Gasteiger charge is -2.23. The Morgan fingerprint density at radius 3 is 1.91 bits per heavy atom. The number of nitrogens with two attached hydrogens (primary N) is 1. The van der Waals surface area contributed by atoms with Gasteiger partial charge in [-0.3, -0.25) is 0 Å². The summed E-state index contributed by atoms with van der Waals surface area (Å²) in [5, 5.41) is 0. The van der Waals surface area contributed by atoms with Gasteiger partial charge in [0, 0.05) is 70.7 Å². The summed E-state index contributed by atoms with van der Waals surface area (Å²) in [4.78, 5) is 13.3. The molecule has 0 fully saturated rings. The summed E-state index contributed by atoms with van der Waals surface area (Å²) in [5.74, 6) is 2.78. The molecule has 7 heteroatoms. The zero-order valence-electron chi connectivity index (χ0n) is 13.1. The van der Waals surface area contributed by atoms with E-state index in [4.69, 9.17) is 5.73 Å². The maximum Gasteiger partial charge on any atom is 0.126 e. The highest BCUT2D eigenvalue weighted by atomic mass is 15.1. The Morgan fingerprint density at radius 2 is 1.41 bits per heavy atom. The van der Waals surface area contributed by atoms with Crippen LogP contribution in [0.4, 0.5) is 0 Å². The Balaban J connectivity index is 1.98. The Morgan fingerprint density at radius 1 is 0.864 bits per heavy atom. The van der Waals surface area contributed by atoms with Crippen LogP contribution in [-0.4, -0.2) is 28.7 Å². The Hall–Kier alpha value is -2.41. The van der Waals surface area contributed by atoms with Gasteiger partial charge in [-0.2, -0.15) is 0 Å². The fourth-order valence-corrected chi connectivity index (χ4v) is 2.78. The molecule has 3 rings (SSSR count). The van der Waals surface area contributed by atoms with Crippen molar-refractivity contribution in [3.8, 4) is 0 Å². The number of hydrogen-bond donors (Lipinski definition) is 1. The first-order valence-electron chi connectivity index (χ1n) is 7.24. The second-order valence-corrected chi connectivity index (χ2v) is 5.58. The zero-order chi connectivity index (χ0) is 15.7. The second-order valence-electron chi connectivity index (χ2n) is 5.58. The number of rotatable bonds is 5. The maximum atomic E-state index is 6.54. The molecule has 3 aromatic heterocycles. The van der Waals surface area contributed by atoms with E-state index in [0.29, 0.717) is 6.42 Å². The van der Waals surface area contributed by atoms with E-state index in [9.17, 15) is 0 Å². The monoisotopic (exact) mass is 299 g/mol. The van der Waals surface area contributed by atoms with E-state index in [1.54, 1.807) is 18.6 Å². The maximum absolute atomic E-state index is 6.54. The summed E-state index contributed by atoms with van der Waals surface area (Å²) in [6.07, 6.45) is 11.9. The number of aromatic nitrogens is 6. The van der Waals surface area contributed by atoms with Crippen LogP contribution in [0.3, 0.4) is 0 Å². The van der Waals surface area contributed by atoms with Gasteiger partial charge in [-0.1, -0.05) is 0 Å². The molecular formula is C15H21N7. The van der Waals surface area contributed by atoms with E-state index in [-0.39, 0.29) is 12.0 Å². The molecule has 0 amide bonds. The van der Waals surface area contributed by atoms with Crippen LogP contribution < -0.4 is 5.73 Å². The summed E-state index contributed by atoms with van der Waals surface area (Å²) >= 11 is 0. The van der Waals surface area contributed by atoms with Crippen molar-refractivity contribution in [2.45, 2.75) is 18.4 Å². The van der Waals surface area contributed by atoms with Crippen molar-refractivity contribution in [3.05, 3.63) is 54.7 Å². The van der Waals surface area contributed by atoms with Crippen molar-refractivity contribution >= 4 is 0 Å². The van der Waals surface area contributed by atoms with Crippen LogP contribution >= 0.6 is 0 Å². The highest BCUT2D eigenvalue weighted by Gasteiger charge is 2.28. The molecule has 0 aliphatic heterocycles. The molecule has 0 spiro atoms. The number of aryl methyl sites for hydroxylation is 3. The minimum absolute atomic E-state index is 0.00204. The highest BCUT2D eigenvalue weighted by molar-refractivity contribution is 5.14. The summed E-state index contributed by atoms with van der Waals surface area (Å²) in [6, 6.07) is -0.252. The third-order valence-corrected chi connectivity index (χ3v) is 4.10. The lowest BCUT2D eigenvalue weighted by molar-refractivity contribution is 0.466. The van der Waals surface area contributed by atoms with Crippen molar-refractivity contribution in [2.24, 2.45) is 26.9 Å². The van der Waals surface area contributed by atoms with Gasteiger partial charge in [0.2, 0.25) is 0 Å². The minimum atomic E-state index is -0.252. The normalized spacial score (nSPS) is 14.2. The van der Waals surface area contributed by atoms with Crippen LogP contribution in [0.25, 0.3) is 0 Å². The van der Waals surface area contributed by atoms with Gasteiger partial charge in [-0.05, 0) is 0 Å². The van der Waals surface area contributed by atoms with E-state index in [0.717, 1.165) is 17.5 Å². The van der Waals surface area contributed by atoms with Crippen LogP contribution in [0.2, 0.25) is 0 Å². The Bertz CT molecular complexity index is 751. The lowest BCUT2D eigenvalue weighted by atomic mass is 9.94. The molecule has 2 atom stereocenters. The average molecular weight is 299 g/mol. The van der Waals surface area contributed by atoms with Gasteiger partial charge in [-0.15, -0.1) is 0 Å². The smallest absolute Gasteiger partial charge is 0.126 e. The molecule has 0 saturated heterocycles. The third kappa shape index (κ3) is 2.55. The van der Waals surface area contributed by atoms with Crippen LogP contribution in [0.1, 0.15) is 29.4 Å². The van der Waals surface area contributed by atoms with Crippen LogP contribution in [0.5, 0.6) is 0 Å². The van der Waals surface area contributed by atoms with Crippen LogP contribution in [-0.2, 0) is 27.6 Å². The number of hydrogen-bond acceptors (Lipinski definition) is 4. The fraction of sp³-hybridized carbons (Fsp3) is 0.400. The predicted octanol–water partition coefficient (Wildman–Crippen LogP) is 0.913. The molecule has 22 heavy (non-hydrogen) atoms. The van der Waals surface area contributed by atoms with Gasteiger partial charge in [0.15, 0.2) is 0 Å². The average Bonchev–Trinajstić information content (AvgIpc) is 3.19. The minimum Gasteiger partial charge on any atom is -0.338 e. The van der Waals surface area contributed by atoms with Crippen molar-refractivity contribution in [3.63, 3.8) is 0 Å². The van der Waals surface area contributed by atoms with Gasteiger partial charge in [-0.25, -0.2) is 15.0 Å². The molecule has 0 bridgehead atoms. The molecule has 7 nitrogen and oxygen atoms in total. The van der Waals surface area contributed by atoms with Gasteiger partial charge in [0.25, 0.3) is 0 Å². The molecule has 2 N–H and O–H groups in total. The van der Waals surface area contributed by atoms with Gasteiger partial charge in [0.05, 0.1) is 6.04 Å². The van der Waals surface area contributed by atoms with E-state index in [1.165, 1.54) is 0 Å². The predicted molar refractivity (Wildman–Crippen MR) is 83.0 cm³/mol. The fourth-order valence-electron chi connectivity index (χ4n) is 2.78. The molecule has 116 valence electrons. The molecule has 0 aliphatic carbocycles. The first-order chi connectivity index (χ1) is 10.6. The molecule has 0 radical (unpaired) electrons. The number of imidazole rings is 3. The lowest BCUT2D eigenvalue weighted by Crippen LogP contribution is -2.27. The van der Waals surface area contributed by atoms with E-state index in [2.05, 4.69) is 15.0 Å². The molecule has 2 unspecified atom stereocenters. The van der Waals surface area contributed by atoms with Gasteiger partial charge >= 0.3 is 0 Å². The van der Waals surface area contributed by atoms with Crippen molar-refractivity contribution in [1.29, 1.82) is 0 Å². The number of nitrogens with zero attached hydrogens (tertiary/aromatic N) is 6. The molecule has 3 heterocycles.